The van der Waals surface area contributed by atoms with Crippen LogP contribution in [0.2, 0.25) is 0 Å². The van der Waals surface area contributed by atoms with Gasteiger partial charge in [0.1, 0.15) is 5.75 Å². The molecule has 0 amide bonds. The van der Waals surface area contributed by atoms with E-state index in [0.717, 1.165) is 15.6 Å². The summed E-state index contributed by atoms with van der Waals surface area (Å²) in [4.78, 5) is 4.45. The van der Waals surface area contributed by atoms with E-state index in [0.29, 0.717) is 0 Å². The van der Waals surface area contributed by atoms with Crippen molar-refractivity contribution in [3.8, 4) is 5.75 Å². The zero-order chi connectivity index (χ0) is 13.0. The van der Waals surface area contributed by atoms with Gasteiger partial charge < -0.3 is 5.11 Å². The van der Waals surface area contributed by atoms with E-state index in [2.05, 4.69) is 20.9 Å². The molecule has 1 N–H and O–H groups in total. The SMILES string of the molecule is C[C@H](N=Cc1ccccc1O)c1ccc(Br)cc1. The number of aliphatic imine (C=N–C) groups is 1. The van der Waals surface area contributed by atoms with Gasteiger partial charge in [-0.1, -0.05) is 40.2 Å². The highest BCUT2D eigenvalue weighted by molar-refractivity contribution is 9.10. The highest BCUT2D eigenvalue weighted by Gasteiger charge is 2.02. The first kappa shape index (κ1) is 12.8. The lowest BCUT2D eigenvalue weighted by molar-refractivity contribution is 0.474. The fourth-order valence-electron chi connectivity index (χ4n) is 1.62. The summed E-state index contributed by atoms with van der Waals surface area (Å²) in [5.41, 5.74) is 1.88. The number of aromatic hydroxyl groups is 1. The standard InChI is InChI=1S/C15H14BrNO/c1-11(12-6-8-14(16)9-7-12)17-10-13-4-2-3-5-15(13)18/h2-11,18H,1H3/t11-/m0/s1. The Hall–Kier alpha value is -1.61. The van der Waals surface area contributed by atoms with Crippen LogP contribution >= 0.6 is 15.9 Å². The third-order valence-corrected chi connectivity index (χ3v) is 3.26. The van der Waals surface area contributed by atoms with Gasteiger partial charge in [-0.3, -0.25) is 4.99 Å². The van der Waals surface area contributed by atoms with Crippen LogP contribution in [0.1, 0.15) is 24.1 Å². The van der Waals surface area contributed by atoms with Crippen LogP contribution in [0.4, 0.5) is 0 Å². The minimum absolute atomic E-state index is 0.0673. The summed E-state index contributed by atoms with van der Waals surface area (Å²) in [6, 6.07) is 15.3. The van der Waals surface area contributed by atoms with Crippen molar-refractivity contribution in [1.29, 1.82) is 0 Å². The molecule has 2 aromatic carbocycles. The van der Waals surface area contributed by atoms with Gasteiger partial charge in [0.05, 0.1) is 6.04 Å². The molecule has 0 aliphatic heterocycles. The second kappa shape index (κ2) is 5.83. The second-order valence-corrected chi connectivity index (χ2v) is 4.98. The topological polar surface area (TPSA) is 32.6 Å². The molecule has 92 valence electrons. The molecule has 0 bridgehead atoms. The number of phenols is 1. The van der Waals surface area contributed by atoms with Crippen molar-refractivity contribution in [1.82, 2.24) is 0 Å². The Labute approximate surface area is 115 Å². The summed E-state index contributed by atoms with van der Waals surface area (Å²) in [6.45, 7) is 2.03. The first-order valence-corrected chi connectivity index (χ1v) is 6.53. The Kier molecular flexibility index (Phi) is 4.15. The van der Waals surface area contributed by atoms with E-state index in [1.807, 2.05) is 43.3 Å². The smallest absolute Gasteiger partial charge is 0.124 e. The summed E-state index contributed by atoms with van der Waals surface area (Å²) < 4.78 is 1.06. The molecule has 0 aliphatic carbocycles. The lowest BCUT2D eigenvalue weighted by Crippen LogP contribution is -1.91. The minimum atomic E-state index is 0.0673. The van der Waals surface area contributed by atoms with Gasteiger partial charge in [-0.15, -0.1) is 0 Å². The van der Waals surface area contributed by atoms with E-state index in [4.69, 9.17) is 0 Å². The van der Waals surface area contributed by atoms with E-state index >= 15 is 0 Å². The lowest BCUT2D eigenvalue weighted by atomic mass is 10.1. The van der Waals surface area contributed by atoms with Crippen molar-refractivity contribution in [2.75, 3.05) is 0 Å². The number of phenolic OH excluding ortho intramolecular Hbond substituents is 1. The maximum Gasteiger partial charge on any atom is 0.124 e. The molecule has 18 heavy (non-hydrogen) atoms. The Morgan fingerprint density at radius 1 is 1.11 bits per heavy atom. The zero-order valence-corrected chi connectivity index (χ0v) is 11.6. The number of halogens is 1. The number of rotatable bonds is 3. The average Bonchev–Trinajstić information content (AvgIpc) is 2.38. The molecule has 2 aromatic rings. The molecule has 0 spiro atoms. The van der Waals surface area contributed by atoms with Crippen LogP contribution in [-0.4, -0.2) is 11.3 Å². The number of benzene rings is 2. The molecule has 2 nitrogen and oxygen atoms in total. The quantitative estimate of drug-likeness (QED) is 0.841. The van der Waals surface area contributed by atoms with Gasteiger partial charge >= 0.3 is 0 Å². The summed E-state index contributed by atoms with van der Waals surface area (Å²) >= 11 is 3.41. The number of nitrogens with zero attached hydrogens (tertiary/aromatic N) is 1. The highest BCUT2D eigenvalue weighted by Crippen LogP contribution is 2.20. The molecular formula is C15H14BrNO. The van der Waals surface area contributed by atoms with Gasteiger partial charge in [0.25, 0.3) is 0 Å². The predicted molar refractivity (Wildman–Crippen MR) is 78.3 cm³/mol. The molecular weight excluding hydrogens is 290 g/mol. The minimum Gasteiger partial charge on any atom is -0.507 e. The molecule has 0 heterocycles. The van der Waals surface area contributed by atoms with Gasteiger partial charge in [-0.2, -0.15) is 0 Å². The first-order valence-electron chi connectivity index (χ1n) is 5.73. The lowest BCUT2D eigenvalue weighted by Gasteiger charge is -2.06. The summed E-state index contributed by atoms with van der Waals surface area (Å²) in [5.74, 6) is 0.254. The predicted octanol–water partition coefficient (Wildman–Crippen LogP) is 4.33. The van der Waals surface area contributed by atoms with Crippen LogP contribution in [0, 0.1) is 0 Å². The largest absolute Gasteiger partial charge is 0.507 e. The monoisotopic (exact) mass is 303 g/mol. The first-order chi connectivity index (χ1) is 8.66. The van der Waals surface area contributed by atoms with Crippen LogP contribution in [-0.2, 0) is 0 Å². The van der Waals surface area contributed by atoms with Crippen molar-refractivity contribution >= 4 is 22.1 Å². The Morgan fingerprint density at radius 2 is 1.78 bits per heavy atom. The van der Waals surface area contributed by atoms with Crippen LogP contribution < -0.4 is 0 Å². The van der Waals surface area contributed by atoms with E-state index in [1.165, 1.54) is 0 Å². The summed E-state index contributed by atoms with van der Waals surface area (Å²) in [6.07, 6.45) is 1.71. The van der Waals surface area contributed by atoms with E-state index in [-0.39, 0.29) is 11.8 Å². The number of hydrogen-bond acceptors (Lipinski definition) is 2. The number of para-hydroxylation sites is 1. The Bertz CT molecular complexity index is 549. The molecule has 0 unspecified atom stereocenters. The van der Waals surface area contributed by atoms with Gasteiger partial charge in [0.15, 0.2) is 0 Å². The maximum absolute atomic E-state index is 9.63. The average molecular weight is 304 g/mol. The van der Waals surface area contributed by atoms with Crippen molar-refractivity contribution < 1.29 is 5.11 Å². The summed E-state index contributed by atoms with van der Waals surface area (Å²) in [5, 5.41) is 9.63. The Morgan fingerprint density at radius 3 is 2.44 bits per heavy atom. The van der Waals surface area contributed by atoms with Gasteiger partial charge in [0.2, 0.25) is 0 Å². The Balaban J connectivity index is 2.14. The van der Waals surface area contributed by atoms with Crippen LogP contribution in [0.3, 0.4) is 0 Å². The van der Waals surface area contributed by atoms with Crippen molar-refractivity contribution in [2.24, 2.45) is 4.99 Å². The second-order valence-electron chi connectivity index (χ2n) is 4.06. The fourth-order valence-corrected chi connectivity index (χ4v) is 1.88. The van der Waals surface area contributed by atoms with Crippen molar-refractivity contribution in [2.45, 2.75) is 13.0 Å². The molecule has 0 aliphatic rings. The molecule has 2 rings (SSSR count). The maximum atomic E-state index is 9.63. The van der Waals surface area contributed by atoms with Crippen molar-refractivity contribution in [3.05, 3.63) is 64.1 Å². The van der Waals surface area contributed by atoms with Gasteiger partial charge in [-0.05, 0) is 36.8 Å². The fraction of sp³-hybridized carbons (Fsp3) is 0.133. The normalized spacial score (nSPS) is 12.8. The molecule has 1 atom stereocenters. The van der Waals surface area contributed by atoms with E-state index in [9.17, 15) is 5.11 Å². The third-order valence-electron chi connectivity index (χ3n) is 2.73. The molecule has 0 aromatic heterocycles. The molecule has 3 heteroatoms. The third kappa shape index (κ3) is 3.20. The van der Waals surface area contributed by atoms with Crippen molar-refractivity contribution in [3.63, 3.8) is 0 Å². The number of hydrogen-bond donors (Lipinski definition) is 1. The van der Waals surface area contributed by atoms with E-state index in [1.54, 1.807) is 18.3 Å². The molecule has 0 saturated carbocycles. The zero-order valence-electron chi connectivity index (χ0n) is 10.0. The van der Waals surface area contributed by atoms with Crippen LogP contribution in [0.15, 0.2) is 58.0 Å². The van der Waals surface area contributed by atoms with Gasteiger partial charge in [0, 0.05) is 16.3 Å². The van der Waals surface area contributed by atoms with Crippen LogP contribution in [0.5, 0.6) is 5.75 Å². The van der Waals surface area contributed by atoms with Crippen LogP contribution in [0.25, 0.3) is 0 Å². The molecule has 0 saturated heterocycles. The molecule has 0 radical (unpaired) electrons. The van der Waals surface area contributed by atoms with E-state index < -0.39 is 0 Å². The van der Waals surface area contributed by atoms with Gasteiger partial charge in [-0.25, -0.2) is 0 Å². The molecule has 0 fully saturated rings. The summed E-state index contributed by atoms with van der Waals surface area (Å²) in [7, 11) is 0. The highest BCUT2D eigenvalue weighted by atomic mass is 79.9.